The zero-order valence-electron chi connectivity index (χ0n) is 12.0. The molecule has 0 heterocycles. The third kappa shape index (κ3) is 3.87. The van der Waals surface area contributed by atoms with Crippen LogP contribution in [0.15, 0.2) is 18.2 Å². The standard InChI is InChI=1S/C16H25ClN2/c1-3-19(11-13-5-4-6-13)16-10-15(17)8-7-14(16)9-12(2)18/h7-8,10,12-13H,3-6,9,11,18H2,1-2H3. The number of nitrogens with two attached hydrogens (primary N) is 1. The van der Waals surface area contributed by atoms with Crippen LogP contribution >= 0.6 is 11.6 Å². The van der Waals surface area contributed by atoms with E-state index in [2.05, 4.69) is 30.9 Å². The van der Waals surface area contributed by atoms with Gasteiger partial charge in [-0.15, -0.1) is 0 Å². The van der Waals surface area contributed by atoms with Crippen LogP contribution in [0.2, 0.25) is 5.02 Å². The molecule has 1 aliphatic carbocycles. The number of hydrogen-bond acceptors (Lipinski definition) is 2. The molecular formula is C16H25ClN2. The second-order valence-corrected chi connectivity index (χ2v) is 6.23. The van der Waals surface area contributed by atoms with E-state index < -0.39 is 0 Å². The molecule has 1 aromatic rings. The van der Waals surface area contributed by atoms with Crippen LogP contribution in [0.25, 0.3) is 0 Å². The summed E-state index contributed by atoms with van der Waals surface area (Å²) < 4.78 is 0. The van der Waals surface area contributed by atoms with Crippen LogP contribution < -0.4 is 10.6 Å². The molecule has 0 radical (unpaired) electrons. The Kier molecular flexibility index (Phi) is 5.12. The van der Waals surface area contributed by atoms with Crippen molar-refractivity contribution in [2.45, 2.75) is 45.6 Å². The Balaban J connectivity index is 2.20. The minimum Gasteiger partial charge on any atom is -0.371 e. The topological polar surface area (TPSA) is 29.3 Å². The molecule has 1 saturated carbocycles. The minimum absolute atomic E-state index is 0.183. The van der Waals surface area contributed by atoms with E-state index in [-0.39, 0.29) is 6.04 Å². The van der Waals surface area contributed by atoms with Gasteiger partial charge in [0.25, 0.3) is 0 Å². The van der Waals surface area contributed by atoms with Crippen molar-refractivity contribution < 1.29 is 0 Å². The summed E-state index contributed by atoms with van der Waals surface area (Å²) in [7, 11) is 0. The Morgan fingerprint density at radius 3 is 2.68 bits per heavy atom. The lowest BCUT2D eigenvalue weighted by Gasteiger charge is -2.34. The molecule has 1 aliphatic rings. The summed E-state index contributed by atoms with van der Waals surface area (Å²) in [5.41, 5.74) is 8.56. The van der Waals surface area contributed by atoms with Crippen molar-refractivity contribution in [2.75, 3.05) is 18.0 Å². The zero-order chi connectivity index (χ0) is 13.8. The van der Waals surface area contributed by atoms with Gasteiger partial charge in [-0.1, -0.05) is 24.1 Å². The zero-order valence-corrected chi connectivity index (χ0v) is 12.8. The first-order valence-corrected chi connectivity index (χ1v) is 7.77. The van der Waals surface area contributed by atoms with E-state index >= 15 is 0 Å². The van der Waals surface area contributed by atoms with Gasteiger partial charge < -0.3 is 10.6 Å². The fraction of sp³-hybridized carbons (Fsp3) is 0.625. The Morgan fingerprint density at radius 1 is 1.42 bits per heavy atom. The number of rotatable bonds is 6. The molecule has 2 rings (SSSR count). The van der Waals surface area contributed by atoms with Crippen molar-refractivity contribution in [3.05, 3.63) is 28.8 Å². The maximum absolute atomic E-state index is 6.18. The van der Waals surface area contributed by atoms with Gasteiger partial charge in [0.2, 0.25) is 0 Å². The molecule has 2 N–H and O–H groups in total. The highest BCUT2D eigenvalue weighted by atomic mass is 35.5. The van der Waals surface area contributed by atoms with Gasteiger partial charge in [-0.3, -0.25) is 0 Å². The summed E-state index contributed by atoms with van der Waals surface area (Å²) in [5, 5.41) is 0.815. The number of halogens is 1. The van der Waals surface area contributed by atoms with E-state index in [4.69, 9.17) is 17.3 Å². The van der Waals surface area contributed by atoms with Gasteiger partial charge in [0.05, 0.1) is 0 Å². The molecule has 0 saturated heterocycles. The van der Waals surface area contributed by atoms with Crippen LogP contribution in [-0.4, -0.2) is 19.1 Å². The number of benzene rings is 1. The predicted octanol–water partition coefficient (Wildman–Crippen LogP) is 3.86. The number of nitrogens with zero attached hydrogens (tertiary/aromatic N) is 1. The summed E-state index contributed by atoms with van der Waals surface area (Å²) in [5.74, 6) is 0.863. The van der Waals surface area contributed by atoms with Crippen LogP contribution in [0.3, 0.4) is 0 Å². The second kappa shape index (κ2) is 6.62. The average Bonchev–Trinajstić information content (AvgIpc) is 2.30. The first-order chi connectivity index (χ1) is 9.10. The quantitative estimate of drug-likeness (QED) is 0.857. The highest BCUT2D eigenvalue weighted by Gasteiger charge is 2.21. The van der Waals surface area contributed by atoms with E-state index in [0.29, 0.717) is 0 Å². The van der Waals surface area contributed by atoms with Gasteiger partial charge in [-0.05, 0) is 56.7 Å². The molecular weight excluding hydrogens is 256 g/mol. The molecule has 1 aromatic carbocycles. The van der Waals surface area contributed by atoms with Crippen LogP contribution in [0.1, 0.15) is 38.7 Å². The fourth-order valence-electron chi connectivity index (χ4n) is 2.74. The molecule has 2 nitrogen and oxygen atoms in total. The highest BCUT2D eigenvalue weighted by molar-refractivity contribution is 6.30. The largest absolute Gasteiger partial charge is 0.371 e. The highest BCUT2D eigenvalue weighted by Crippen LogP contribution is 2.31. The third-order valence-corrected chi connectivity index (χ3v) is 4.25. The predicted molar refractivity (Wildman–Crippen MR) is 84.0 cm³/mol. The number of hydrogen-bond donors (Lipinski definition) is 1. The molecule has 0 amide bonds. The van der Waals surface area contributed by atoms with Crippen molar-refractivity contribution in [3.8, 4) is 0 Å². The average molecular weight is 281 g/mol. The molecule has 1 atom stereocenters. The minimum atomic E-state index is 0.183. The molecule has 1 unspecified atom stereocenters. The van der Waals surface area contributed by atoms with E-state index in [1.807, 2.05) is 6.07 Å². The maximum atomic E-state index is 6.18. The van der Waals surface area contributed by atoms with Gasteiger partial charge in [-0.2, -0.15) is 0 Å². The Morgan fingerprint density at radius 2 is 2.16 bits per heavy atom. The van der Waals surface area contributed by atoms with Gasteiger partial charge >= 0.3 is 0 Å². The Hall–Kier alpha value is -0.730. The van der Waals surface area contributed by atoms with Crippen LogP contribution in [0.5, 0.6) is 0 Å². The smallest absolute Gasteiger partial charge is 0.0426 e. The van der Waals surface area contributed by atoms with Crippen molar-refractivity contribution in [2.24, 2.45) is 11.7 Å². The monoisotopic (exact) mass is 280 g/mol. The molecule has 0 aliphatic heterocycles. The van der Waals surface area contributed by atoms with Crippen LogP contribution in [0, 0.1) is 5.92 Å². The van der Waals surface area contributed by atoms with E-state index in [0.717, 1.165) is 30.5 Å². The van der Waals surface area contributed by atoms with Gasteiger partial charge in [0, 0.05) is 29.8 Å². The summed E-state index contributed by atoms with van der Waals surface area (Å²) in [6, 6.07) is 6.38. The molecule has 19 heavy (non-hydrogen) atoms. The molecule has 1 fully saturated rings. The SMILES string of the molecule is CCN(CC1CCC1)c1cc(Cl)ccc1CC(C)N. The van der Waals surface area contributed by atoms with Crippen molar-refractivity contribution in [1.82, 2.24) is 0 Å². The second-order valence-electron chi connectivity index (χ2n) is 5.79. The fourth-order valence-corrected chi connectivity index (χ4v) is 2.90. The molecule has 3 heteroatoms. The lowest BCUT2D eigenvalue weighted by Crippen LogP contribution is -2.33. The molecule has 0 aromatic heterocycles. The van der Waals surface area contributed by atoms with E-state index in [1.165, 1.54) is 30.5 Å². The summed E-state index contributed by atoms with van der Waals surface area (Å²) in [6.45, 7) is 6.46. The first kappa shape index (κ1) is 14.7. The molecule has 0 spiro atoms. The van der Waals surface area contributed by atoms with Crippen LogP contribution in [0.4, 0.5) is 5.69 Å². The Bertz CT molecular complexity index is 413. The van der Waals surface area contributed by atoms with Gasteiger partial charge in [0.15, 0.2) is 0 Å². The summed E-state index contributed by atoms with van der Waals surface area (Å²) >= 11 is 6.18. The molecule has 106 valence electrons. The van der Waals surface area contributed by atoms with Gasteiger partial charge in [-0.25, -0.2) is 0 Å². The maximum Gasteiger partial charge on any atom is 0.0426 e. The normalized spacial score (nSPS) is 17.1. The summed E-state index contributed by atoms with van der Waals surface area (Å²) in [4.78, 5) is 2.47. The van der Waals surface area contributed by atoms with Gasteiger partial charge in [0.1, 0.15) is 0 Å². The van der Waals surface area contributed by atoms with Crippen molar-refractivity contribution in [3.63, 3.8) is 0 Å². The number of anilines is 1. The lowest BCUT2D eigenvalue weighted by molar-refractivity contribution is 0.318. The van der Waals surface area contributed by atoms with Crippen molar-refractivity contribution >= 4 is 17.3 Å². The van der Waals surface area contributed by atoms with E-state index in [1.54, 1.807) is 0 Å². The summed E-state index contributed by atoms with van der Waals surface area (Å²) in [6.07, 6.45) is 5.05. The van der Waals surface area contributed by atoms with Crippen LogP contribution in [-0.2, 0) is 6.42 Å². The first-order valence-electron chi connectivity index (χ1n) is 7.39. The Labute approximate surface area is 121 Å². The van der Waals surface area contributed by atoms with Crippen molar-refractivity contribution in [1.29, 1.82) is 0 Å². The van der Waals surface area contributed by atoms with E-state index in [9.17, 15) is 0 Å². The third-order valence-electron chi connectivity index (χ3n) is 4.01. The lowest BCUT2D eigenvalue weighted by atomic mass is 9.85. The molecule has 0 bridgehead atoms.